The van der Waals surface area contributed by atoms with Gasteiger partial charge in [-0.3, -0.25) is 4.98 Å². The first-order valence-corrected chi connectivity index (χ1v) is 3.35. The molecule has 52 valence electrons. The standard InChI is InChI=1S/C9H11N/c1-3-4-9-6-5-8(2)7-10-9/h3,5-7H,1,4H2,2H3. The summed E-state index contributed by atoms with van der Waals surface area (Å²) in [6.07, 6.45) is 4.59. The van der Waals surface area contributed by atoms with Gasteiger partial charge in [-0.2, -0.15) is 0 Å². The van der Waals surface area contributed by atoms with Crippen molar-refractivity contribution in [1.82, 2.24) is 4.98 Å². The van der Waals surface area contributed by atoms with E-state index in [2.05, 4.69) is 17.6 Å². The lowest BCUT2D eigenvalue weighted by Gasteiger charge is -1.94. The zero-order valence-electron chi connectivity index (χ0n) is 6.17. The molecule has 0 bridgehead atoms. The maximum atomic E-state index is 4.20. The van der Waals surface area contributed by atoms with Crippen LogP contribution in [0, 0.1) is 6.92 Å². The fraction of sp³-hybridized carbons (Fsp3) is 0.222. The van der Waals surface area contributed by atoms with Gasteiger partial charge in [0.25, 0.3) is 0 Å². The summed E-state index contributed by atoms with van der Waals surface area (Å²) in [6.45, 7) is 5.67. The average Bonchev–Trinajstić information content (AvgIpc) is 1.95. The third-order valence-corrected chi connectivity index (χ3v) is 1.33. The highest BCUT2D eigenvalue weighted by Crippen LogP contribution is 1.98. The average molecular weight is 133 g/mol. The van der Waals surface area contributed by atoms with Gasteiger partial charge in [0.2, 0.25) is 0 Å². The number of pyridine rings is 1. The Bertz CT molecular complexity index is 211. The van der Waals surface area contributed by atoms with Crippen LogP contribution in [-0.4, -0.2) is 4.98 Å². The minimum Gasteiger partial charge on any atom is -0.261 e. The molecule has 0 fully saturated rings. The van der Waals surface area contributed by atoms with Crippen molar-refractivity contribution in [1.29, 1.82) is 0 Å². The molecule has 0 saturated carbocycles. The van der Waals surface area contributed by atoms with Gasteiger partial charge < -0.3 is 0 Å². The van der Waals surface area contributed by atoms with Gasteiger partial charge >= 0.3 is 0 Å². The van der Waals surface area contributed by atoms with Crippen LogP contribution in [-0.2, 0) is 6.42 Å². The molecule has 1 aromatic heterocycles. The van der Waals surface area contributed by atoms with E-state index in [0.717, 1.165) is 12.1 Å². The summed E-state index contributed by atoms with van der Waals surface area (Å²) in [6, 6.07) is 4.09. The van der Waals surface area contributed by atoms with Crippen LogP contribution in [0.3, 0.4) is 0 Å². The molecule has 0 radical (unpaired) electrons. The van der Waals surface area contributed by atoms with E-state index in [-0.39, 0.29) is 0 Å². The predicted molar refractivity (Wildman–Crippen MR) is 42.9 cm³/mol. The molecule has 0 amide bonds. The molecule has 0 aliphatic carbocycles. The van der Waals surface area contributed by atoms with Crippen LogP contribution in [0.15, 0.2) is 31.0 Å². The SMILES string of the molecule is C=CCc1ccc(C)cn1. The lowest BCUT2D eigenvalue weighted by Crippen LogP contribution is -1.85. The Balaban J connectivity index is 2.78. The van der Waals surface area contributed by atoms with Gasteiger partial charge in [-0.15, -0.1) is 6.58 Å². The summed E-state index contributed by atoms with van der Waals surface area (Å²) in [5.74, 6) is 0. The van der Waals surface area contributed by atoms with Crippen LogP contribution in [0.2, 0.25) is 0 Å². The predicted octanol–water partition coefficient (Wildman–Crippen LogP) is 2.12. The quantitative estimate of drug-likeness (QED) is 0.563. The highest BCUT2D eigenvalue weighted by atomic mass is 14.7. The number of aryl methyl sites for hydroxylation is 1. The van der Waals surface area contributed by atoms with Crippen molar-refractivity contribution in [2.75, 3.05) is 0 Å². The van der Waals surface area contributed by atoms with Gasteiger partial charge in [0.15, 0.2) is 0 Å². The molecule has 1 aromatic rings. The minimum absolute atomic E-state index is 0.861. The smallest absolute Gasteiger partial charge is 0.0441 e. The highest BCUT2D eigenvalue weighted by Gasteiger charge is 1.87. The molecule has 0 aliphatic heterocycles. The first-order valence-electron chi connectivity index (χ1n) is 3.35. The third-order valence-electron chi connectivity index (χ3n) is 1.33. The second kappa shape index (κ2) is 3.16. The Morgan fingerprint density at radius 3 is 2.90 bits per heavy atom. The molecule has 0 spiro atoms. The van der Waals surface area contributed by atoms with E-state index in [9.17, 15) is 0 Å². The maximum absolute atomic E-state index is 4.20. The van der Waals surface area contributed by atoms with E-state index in [0.29, 0.717) is 0 Å². The first-order chi connectivity index (χ1) is 4.83. The van der Waals surface area contributed by atoms with E-state index in [1.807, 2.05) is 25.3 Å². The second-order valence-corrected chi connectivity index (χ2v) is 2.32. The van der Waals surface area contributed by atoms with Gasteiger partial charge in [-0.05, 0) is 18.6 Å². The van der Waals surface area contributed by atoms with E-state index >= 15 is 0 Å². The van der Waals surface area contributed by atoms with Crippen LogP contribution >= 0.6 is 0 Å². The molecule has 0 aliphatic rings. The van der Waals surface area contributed by atoms with Crippen molar-refractivity contribution in [2.24, 2.45) is 0 Å². The van der Waals surface area contributed by atoms with Crippen LogP contribution in [0.4, 0.5) is 0 Å². The third kappa shape index (κ3) is 1.69. The monoisotopic (exact) mass is 133 g/mol. The number of hydrogen-bond donors (Lipinski definition) is 0. The summed E-state index contributed by atoms with van der Waals surface area (Å²) in [4.78, 5) is 4.20. The summed E-state index contributed by atoms with van der Waals surface area (Å²) >= 11 is 0. The van der Waals surface area contributed by atoms with Crippen molar-refractivity contribution >= 4 is 0 Å². The van der Waals surface area contributed by atoms with Crippen molar-refractivity contribution < 1.29 is 0 Å². The Labute approximate surface area is 61.4 Å². The Hall–Kier alpha value is -1.11. The second-order valence-electron chi connectivity index (χ2n) is 2.32. The summed E-state index contributed by atoms with van der Waals surface area (Å²) in [5, 5.41) is 0. The number of hydrogen-bond acceptors (Lipinski definition) is 1. The van der Waals surface area contributed by atoms with Crippen molar-refractivity contribution in [3.05, 3.63) is 42.2 Å². The molecule has 1 heterocycles. The van der Waals surface area contributed by atoms with Gasteiger partial charge in [-0.1, -0.05) is 12.1 Å². The molecule has 0 N–H and O–H groups in total. The van der Waals surface area contributed by atoms with E-state index in [4.69, 9.17) is 0 Å². The van der Waals surface area contributed by atoms with Gasteiger partial charge in [0.1, 0.15) is 0 Å². The summed E-state index contributed by atoms with van der Waals surface area (Å²) in [5.41, 5.74) is 2.29. The fourth-order valence-corrected chi connectivity index (χ4v) is 0.767. The van der Waals surface area contributed by atoms with Gasteiger partial charge in [0.05, 0.1) is 0 Å². The van der Waals surface area contributed by atoms with Gasteiger partial charge in [0, 0.05) is 18.3 Å². The van der Waals surface area contributed by atoms with Crippen molar-refractivity contribution in [3.8, 4) is 0 Å². The van der Waals surface area contributed by atoms with Crippen LogP contribution in [0.5, 0.6) is 0 Å². The maximum Gasteiger partial charge on any atom is 0.0441 e. The Morgan fingerprint density at radius 2 is 2.40 bits per heavy atom. The van der Waals surface area contributed by atoms with Crippen LogP contribution in [0.25, 0.3) is 0 Å². The molecule has 1 rings (SSSR count). The molecular formula is C9H11N. The molecule has 0 aromatic carbocycles. The normalized spacial score (nSPS) is 9.30. The molecule has 0 atom stereocenters. The highest BCUT2D eigenvalue weighted by molar-refractivity contribution is 5.13. The first kappa shape index (κ1) is 7.00. The number of allylic oxidation sites excluding steroid dienone is 1. The number of rotatable bonds is 2. The summed E-state index contributed by atoms with van der Waals surface area (Å²) in [7, 11) is 0. The lowest BCUT2D eigenvalue weighted by molar-refractivity contribution is 1.10. The Kier molecular flexibility index (Phi) is 2.21. The molecular weight excluding hydrogens is 122 g/mol. The number of nitrogens with zero attached hydrogens (tertiary/aromatic N) is 1. The molecule has 10 heavy (non-hydrogen) atoms. The van der Waals surface area contributed by atoms with Crippen LogP contribution in [0.1, 0.15) is 11.3 Å². The van der Waals surface area contributed by atoms with Crippen molar-refractivity contribution in [3.63, 3.8) is 0 Å². The van der Waals surface area contributed by atoms with E-state index in [1.54, 1.807) is 0 Å². The zero-order chi connectivity index (χ0) is 7.40. The summed E-state index contributed by atoms with van der Waals surface area (Å²) < 4.78 is 0. The molecule has 1 heteroatoms. The largest absolute Gasteiger partial charge is 0.261 e. The van der Waals surface area contributed by atoms with Crippen molar-refractivity contribution in [2.45, 2.75) is 13.3 Å². The molecule has 0 unspecified atom stereocenters. The Morgan fingerprint density at radius 1 is 1.60 bits per heavy atom. The van der Waals surface area contributed by atoms with Crippen LogP contribution < -0.4 is 0 Å². The van der Waals surface area contributed by atoms with Gasteiger partial charge in [-0.25, -0.2) is 0 Å². The zero-order valence-corrected chi connectivity index (χ0v) is 6.17. The lowest BCUT2D eigenvalue weighted by atomic mass is 10.2. The topological polar surface area (TPSA) is 12.9 Å². The fourth-order valence-electron chi connectivity index (χ4n) is 0.767. The minimum atomic E-state index is 0.861. The molecule has 1 nitrogen and oxygen atoms in total. The number of aromatic nitrogens is 1. The van der Waals surface area contributed by atoms with E-state index in [1.165, 1.54) is 5.56 Å². The van der Waals surface area contributed by atoms with E-state index < -0.39 is 0 Å². The molecule has 0 saturated heterocycles.